The molecule has 3 aromatic rings. The number of ether oxygens (including phenoxy) is 1. The Morgan fingerprint density at radius 2 is 1.77 bits per heavy atom. The summed E-state index contributed by atoms with van der Waals surface area (Å²) in [5, 5.41) is 8.81. The number of para-hydroxylation sites is 2. The first-order chi connectivity index (χ1) is 14.5. The van der Waals surface area contributed by atoms with E-state index in [0.717, 1.165) is 5.69 Å². The van der Waals surface area contributed by atoms with Crippen LogP contribution in [0.2, 0.25) is 0 Å². The molecule has 6 nitrogen and oxygen atoms in total. The summed E-state index contributed by atoms with van der Waals surface area (Å²) in [5.74, 6) is 0.293. The first-order valence-corrected chi connectivity index (χ1v) is 10.8. The lowest BCUT2D eigenvalue weighted by atomic mass is 10.3. The van der Waals surface area contributed by atoms with E-state index in [1.807, 2.05) is 55.7 Å². The summed E-state index contributed by atoms with van der Waals surface area (Å²) in [5.41, 5.74) is 0.847. The van der Waals surface area contributed by atoms with E-state index >= 15 is 0 Å². The summed E-state index contributed by atoms with van der Waals surface area (Å²) >= 11 is 1.35. The number of aromatic nitrogens is 3. The Kier molecular flexibility index (Phi) is 7.46. The highest BCUT2D eigenvalue weighted by atomic mass is 32.2. The Balaban J connectivity index is 1.87. The predicted molar refractivity (Wildman–Crippen MR) is 115 cm³/mol. The monoisotopic (exact) mass is 428 g/mol. The van der Waals surface area contributed by atoms with Crippen LogP contribution >= 0.6 is 11.8 Å². The van der Waals surface area contributed by atoms with E-state index < -0.39 is 5.82 Å². The number of hydrogen-bond donors (Lipinski definition) is 0. The SMILES string of the molecule is CCN(CC)C(=O)C(C)Sc1nnc(COc2ccccc2F)n1-c1ccccc1. The Bertz CT molecular complexity index is 976. The normalized spacial score (nSPS) is 11.9. The van der Waals surface area contributed by atoms with E-state index in [-0.39, 0.29) is 23.5 Å². The molecule has 0 bridgehead atoms. The van der Waals surface area contributed by atoms with Gasteiger partial charge in [0.25, 0.3) is 0 Å². The van der Waals surface area contributed by atoms with Crippen molar-refractivity contribution in [2.24, 2.45) is 0 Å². The minimum atomic E-state index is -0.434. The van der Waals surface area contributed by atoms with Crippen LogP contribution in [0, 0.1) is 5.82 Å². The number of nitrogens with zero attached hydrogens (tertiary/aromatic N) is 4. The molecule has 30 heavy (non-hydrogen) atoms. The fourth-order valence-corrected chi connectivity index (χ4v) is 3.98. The van der Waals surface area contributed by atoms with Gasteiger partial charge in [0.2, 0.25) is 5.91 Å². The Labute approximate surface area is 180 Å². The second kappa shape index (κ2) is 10.2. The number of thioether (sulfide) groups is 1. The minimum Gasteiger partial charge on any atom is -0.483 e. The van der Waals surface area contributed by atoms with Gasteiger partial charge in [0, 0.05) is 18.8 Å². The molecule has 8 heteroatoms. The predicted octanol–water partition coefficient (Wildman–Crippen LogP) is 4.33. The van der Waals surface area contributed by atoms with Gasteiger partial charge < -0.3 is 9.64 Å². The second-order valence-corrected chi connectivity index (χ2v) is 7.87. The third-order valence-corrected chi connectivity index (χ3v) is 5.64. The average Bonchev–Trinajstić information content (AvgIpc) is 3.16. The number of hydrogen-bond acceptors (Lipinski definition) is 5. The zero-order valence-electron chi connectivity index (χ0n) is 17.3. The van der Waals surface area contributed by atoms with Crippen molar-refractivity contribution in [1.82, 2.24) is 19.7 Å². The van der Waals surface area contributed by atoms with Gasteiger partial charge in [-0.15, -0.1) is 10.2 Å². The van der Waals surface area contributed by atoms with E-state index in [9.17, 15) is 9.18 Å². The molecule has 0 aliphatic heterocycles. The van der Waals surface area contributed by atoms with Crippen molar-refractivity contribution in [2.75, 3.05) is 13.1 Å². The smallest absolute Gasteiger partial charge is 0.235 e. The first-order valence-electron chi connectivity index (χ1n) is 9.87. The summed E-state index contributed by atoms with van der Waals surface area (Å²) in [7, 11) is 0. The van der Waals surface area contributed by atoms with Gasteiger partial charge in [0.05, 0.1) is 5.25 Å². The van der Waals surface area contributed by atoms with Crippen LogP contribution in [0.3, 0.4) is 0 Å². The van der Waals surface area contributed by atoms with Gasteiger partial charge in [-0.05, 0) is 45.0 Å². The molecule has 1 atom stereocenters. The molecule has 0 saturated carbocycles. The van der Waals surface area contributed by atoms with E-state index in [4.69, 9.17) is 4.74 Å². The summed E-state index contributed by atoms with van der Waals surface area (Å²) in [6, 6.07) is 15.8. The summed E-state index contributed by atoms with van der Waals surface area (Å²) in [6.07, 6.45) is 0. The topological polar surface area (TPSA) is 60.3 Å². The molecule has 1 amide bonds. The summed E-state index contributed by atoms with van der Waals surface area (Å²) < 4.78 is 21.4. The molecule has 0 spiro atoms. The Hall–Kier alpha value is -2.87. The number of carbonyl (C=O) groups is 1. The molecular formula is C22H25FN4O2S. The van der Waals surface area contributed by atoms with Crippen molar-refractivity contribution in [3.05, 3.63) is 66.2 Å². The van der Waals surface area contributed by atoms with Crippen molar-refractivity contribution < 1.29 is 13.9 Å². The summed E-state index contributed by atoms with van der Waals surface area (Å²) in [4.78, 5) is 14.5. The van der Waals surface area contributed by atoms with Crippen LogP contribution in [0.25, 0.3) is 5.69 Å². The second-order valence-electron chi connectivity index (χ2n) is 6.56. The third kappa shape index (κ3) is 4.99. The molecule has 158 valence electrons. The van der Waals surface area contributed by atoms with Gasteiger partial charge in [-0.1, -0.05) is 42.1 Å². The molecule has 0 radical (unpaired) electrons. The van der Waals surface area contributed by atoms with E-state index in [2.05, 4.69) is 10.2 Å². The highest BCUT2D eigenvalue weighted by Gasteiger charge is 2.24. The lowest BCUT2D eigenvalue weighted by Crippen LogP contribution is -2.36. The zero-order chi connectivity index (χ0) is 21.5. The van der Waals surface area contributed by atoms with Gasteiger partial charge >= 0.3 is 0 Å². The van der Waals surface area contributed by atoms with Crippen LogP contribution in [0.4, 0.5) is 4.39 Å². The quantitative estimate of drug-likeness (QED) is 0.475. The van der Waals surface area contributed by atoms with E-state index in [1.54, 1.807) is 23.1 Å². The molecule has 0 saturated heterocycles. The highest BCUT2D eigenvalue weighted by molar-refractivity contribution is 8.00. The van der Waals surface area contributed by atoms with Crippen LogP contribution in [-0.4, -0.2) is 43.9 Å². The Morgan fingerprint density at radius 3 is 2.43 bits per heavy atom. The lowest BCUT2D eigenvalue weighted by molar-refractivity contribution is -0.129. The minimum absolute atomic E-state index is 0.0434. The fourth-order valence-electron chi connectivity index (χ4n) is 3.01. The maximum Gasteiger partial charge on any atom is 0.235 e. The number of amides is 1. The number of benzene rings is 2. The van der Waals surface area contributed by atoms with Crippen molar-refractivity contribution in [3.8, 4) is 11.4 Å². The van der Waals surface area contributed by atoms with Gasteiger partial charge in [-0.25, -0.2) is 4.39 Å². The zero-order valence-corrected chi connectivity index (χ0v) is 18.1. The van der Waals surface area contributed by atoms with E-state index in [0.29, 0.717) is 24.1 Å². The first kappa shape index (κ1) is 21.8. The molecule has 1 unspecified atom stereocenters. The van der Waals surface area contributed by atoms with Gasteiger partial charge in [-0.2, -0.15) is 0 Å². The van der Waals surface area contributed by atoms with E-state index in [1.165, 1.54) is 17.8 Å². The van der Waals surface area contributed by atoms with Crippen molar-refractivity contribution in [2.45, 2.75) is 37.8 Å². The largest absolute Gasteiger partial charge is 0.483 e. The van der Waals surface area contributed by atoms with Crippen molar-refractivity contribution in [1.29, 1.82) is 0 Å². The average molecular weight is 429 g/mol. The lowest BCUT2D eigenvalue weighted by Gasteiger charge is -2.22. The highest BCUT2D eigenvalue weighted by Crippen LogP contribution is 2.27. The molecule has 3 rings (SSSR count). The van der Waals surface area contributed by atoms with Gasteiger partial charge in [0.15, 0.2) is 22.5 Å². The molecule has 0 N–H and O–H groups in total. The van der Waals surface area contributed by atoms with Crippen LogP contribution in [0.15, 0.2) is 59.8 Å². The number of carbonyl (C=O) groups excluding carboxylic acids is 1. The van der Waals surface area contributed by atoms with Crippen LogP contribution < -0.4 is 4.74 Å². The summed E-state index contributed by atoms with van der Waals surface area (Å²) in [6.45, 7) is 7.15. The van der Waals surface area contributed by atoms with Gasteiger partial charge in [-0.3, -0.25) is 9.36 Å². The molecule has 0 fully saturated rings. The fraction of sp³-hybridized carbons (Fsp3) is 0.318. The maximum atomic E-state index is 13.9. The van der Waals surface area contributed by atoms with Crippen LogP contribution in [-0.2, 0) is 11.4 Å². The maximum absolute atomic E-state index is 13.9. The standard InChI is InChI=1S/C22H25FN4O2S/c1-4-26(5-2)21(28)16(3)30-22-25-24-20(27(22)17-11-7-6-8-12-17)15-29-19-14-10-9-13-18(19)23/h6-14,16H,4-5,15H2,1-3H3. The number of halogens is 1. The molecule has 1 heterocycles. The molecule has 1 aromatic heterocycles. The van der Waals surface area contributed by atoms with Crippen LogP contribution in [0.1, 0.15) is 26.6 Å². The van der Waals surface area contributed by atoms with Crippen molar-refractivity contribution in [3.63, 3.8) is 0 Å². The third-order valence-electron chi connectivity index (χ3n) is 4.61. The molecule has 0 aliphatic carbocycles. The van der Waals surface area contributed by atoms with Crippen molar-refractivity contribution >= 4 is 17.7 Å². The number of rotatable bonds is 9. The molecule has 0 aliphatic rings. The Morgan fingerprint density at radius 1 is 1.10 bits per heavy atom. The van der Waals surface area contributed by atoms with Crippen LogP contribution in [0.5, 0.6) is 5.75 Å². The van der Waals surface area contributed by atoms with Gasteiger partial charge in [0.1, 0.15) is 6.61 Å². The molecular weight excluding hydrogens is 403 g/mol. The molecule has 2 aromatic carbocycles.